The highest BCUT2D eigenvalue weighted by atomic mass is 35.5. The minimum Gasteiger partial charge on any atom is -0.314 e. The molecule has 3 heteroatoms. The molecule has 1 aliphatic carbocycles. The molecule has 0 atom stereocenters. The lowest BCUT2D eigenvalue weighted by Crippen LogP contribution is -2.40. The van der Waals surface area contributed by atoms with Gasteiger partial charge in [0.1, 0.15) is 5.82 Å². The highest BCUT2D eigenvalue weighted by molar-refractivity contribution is 6.31. The van der Waals surface area contributed by atoms with E-state index in [1.165, 1.54) is 18.6 Å². The Kier molecular flexibility index (Phi) is 3.82. The third-order valence-electron chi connectivity index (χ3n) is 3.22. The molecule has 0 bridgehead atoms. The van der Waals surface area contributed by atoms with Crippen molar-refractivity contribution in [1.82, 2.24) is 5.32 Å². The van der Waals surface area contributed by atoms with E-state index in [0.717, 1.165) is 24.9 Å². The minimum atomic E-state index is -0.256. The third-order valence-corrected chi connectivity index (χ3v) is 3.55. The summed E-state index contributed by atoms with van der Waals surface area (Å²) in [7, 11) is 0. The smallest absolute Gasteiger partial charge is 0.124 e. The van der Waals surface area contributed by atoms with Crippen LogP contribution in [-0.4, -0.2) is 12.6 Å². The second-order valence-corrected chi connectivity index (χ2v) is 4.89. The van der Waals surface area contributed by atoms with E-state index in [-0.39, 0.29) is 5.82 Å². The van der Waals surface area contributed by atoms with E-state index in [0.29, 0.717) is 17.0 Å². The summed E-state index contributed by atoms with van der Waals surface area (Å²) in [5.41, 5.74) is 1.10. The maximum atomic E-state index is 12.9. The van der Waals surface area contributed by atoms with Crippen LogP contribution in [-0.2, 0) is 0 Å². The summed E-state index contributed by atoms with van der Waals surface area (Å²) in [6.07, 6.45) is 3.40. The van der Waals surface area contributed by atoms with E-state index in [2.05, 4.69) is 12.2 Å². The Labute approximate surface area is 101 Å². The molecule has 0 aliphatic heterocycles. The van der Waals surface area contributed by atoms with Gasteiger partial charge in [0.15, 0.2) is 0 Å². The van der Waals surface area contributed by atoms with Gasteiger partial charge in [0.2, 0.25) is 0 Å². The topological polar surface area (TPSA) is 12.0 Å². The fourth-order valence-corrected chi connectivity index (χ4v) is 2.54. The minimum absolute atomic E-state index is 0.256. The van der Waals surface area contributed by atoms with Crippen LogP contribution in [0.5, 0.6) is 0 Å². The van der Waals surface area contributed by atoms with Crippen LogP contribution in [0, 0.1) is 5.82 Å². The monoisotopic (exact) mass is 241 g/mol. The van der Waals surface area contributed by atoms with Gasteiger partial charge in [-0.15, -0.1) is 0 Å². The molecule has 0 spiro atoms. The average molecular weight is 242 g/mol. The number of benzene rings is 1. The molecule has 0 radical (unpaired) electrons. The van der Waals surface area contributed by atoms with Gasteiger partial charge in [-0.25, -0.2) is 4.39 Å². The van der Waals surface area contributed by atoms with Crippen LogP contribution < -0.4 is 5.32 Å². The zero-order valence-electron chi connectivity index (χ0n) is 9.47. The molecule has 1 aromatic carbocycles. The number of halogens is 2. The standard InChI is InChI=1S/C13H17ClFN/c1-2-5-16-11-6-9(7-11)12-4-3-10(15)8-13(12)14/h3-4,8-9,11,16H,2,5-7H2,1H3. The van der Waals surface area contributed by atoms with Crippen molar-refractivity contribution in [3.8, 4) is 0 Å². The molecule has 0 heterocycles. The Balaban J connectivity index is 1.91. The fourth-order valence-electron chi connectivity index (χ4n) is 2.22. The van der Waals surface area contributed by atoms with Crippen LogP contribution >= 0.6 is 11.6 Å². The summed E-state index contributed by atoms with van der Waals surface area (Å²) < 4.78 is 12.9. The zero-order valence-corrected chi connectivity index (χ0v) is 10.2. The summed E-state index contributed by atoms with van der Waals surface area (Å²) >= 11 is 6.03. The first-order valence-corrected chi connectivity index (χ1v) is 6.26. The van der Waals surface area contributed by atoms with Crippen LogP contribution in [0.2, 0.25) is 5.02 Å². The van der Waals surface area contributed by atoms with Crippen LogP contribution in [0.4, 0.5) is 4.39 Å². The quantitative estimate of drug-likeness (QED) is 0.847. The highest BCUT2D eigenvalue weighted by Gasteiger charge is 2.30. The normalized spacial score (nSPS) is 24.2. The molecule has 1 N–H and O–H groups in total. The van der Waals surface area contributed by atoms with Crippen LogP contribution in [0.15, 0.2) is 18.2 Å². The van der Waals surface area contributed by atoms with Crippen molar-refractivity contribution in [2.75, 3.05) is 6.54 Å². The number of rotatable bonds is 4. The second-order valence-electron chi connectivity index (χ2n) is 4.49. The maximum absolute atomic E-state index is 12.9. The van der Waals surface area contributed by atoms with E-state index in [1.54, 1.807) is 0 Å². The zero-order chi connectivity index (χ0) is 11.5. The van der Waals surface area contributed by atoms with Gasteiger partial charge in [-0.1, -0.05) is 24.6 Å². The van der Waals surface area contributed by atoms with E-state index < -0.39 is 0 Å². The third kappa shape index (κ3) is 2.55. The lowest BCUT2D eigenvalue weighted by atomic mass is 9.76. The van der Waals surface area contributed by atoms with E-state index in [9.17, 15) is 4.39 Å². The van der Waals surface area contributed by atoms with Gasteiger partial charge < -0.3 is 5.32 Å². The van der Waals surface area contributed by atoms with Crippen molar-refractivity contribution < 1.29 is 4.39 Å². The van der Waals surface area contributed by atoms with Gasteiger partial charge >= 0.3 is 0 Å². The van der Waals surface area contributed by atoms with Crippen molar-refractivity contribution in [3.05, 3.63) is 34.6 Å². The molecule has 1 aromatic rings. The van der Waals surface area contributed by atoms with Gasteiger partial charge in [-0.3, -0.25) is 0 Å². The van der Waals surface area contributed by atoms with E-state index in [1.807, 2.05) is 6.07 Å². The first-order valence-electron chi connectivity index (χ1n) is 5.89. The summed E-state index contributed by atoms with van der Waals surface area (Å²) in [6, 6.07) is 5.34. The molecule has 88 valence electrons. The Morgan fingerprint density at radius 3 is 2.81 bits per heavy atom. The summed E-state index contributed by atoms with van der Waals surface area (Å²) in [6.45, 7) is 3.24. The Morgan fingerprint density at radius 2 is 2.19 bits per heavy atom. The molecule has 0 amide bonds. The Hall–Kier alpha value is -0.600. The fraction of sp³-hybridized carbons (Fsp3) is 0.538. The Morgan fingerprint density at radius 1 is 1.44 bits per heavy atom. The van der Waals surface area contributed by atoms with Crippen LogP contribution in [0.1, 0.15) is 37.7 Å². The molecule has 1 aliphatic rings. The SMILES string of the molecule is CCCNC1CC(c2ccc(F)cc2Cl)C1. The maximum Gasteiger partial charge on any atom is 0.124 e. The summed E-state index contributed by atoms with van der Waals surface area (Å²) in [5.74, 6) is 0.246. The van der Waals surface area contributed by atoms with Crippen LogP contribution in [0.25, 0.3) is 0 Å². The van der Waals surface area contributed by atoms with Gasteiger partial charge in [-0.2, -0.15) is 0 Å². The van der Waals surface area contributed by atoms with Crippen molar-refractivity contribution in [3.63, 3.8) is 0 Å². The lowest BCUT2D eigenvalue weighted by Gasteiger charge is -2.36. The average Bonchev–Trinajstić information content (AvgIpc) is 2.18. The largest absolute Gasteiger partial charge is 0.314 e. The molecular weight excluding hydrogens is 225 g/mol. The van der Waals surface area contributed by atoms with Gasteiger partial charge in [0, 0.05) is 11.1 Å². The van der Waals surface area contributed by atoms with Crippen molar-refractivity contribution in [2.45, 2.75) is 38.1 Å². The van der Waals surface area contributed by atoms with Gasteiger partial charge in [-0.05, 0) is 49.4 Å². The molecule has 1 saturated carbocycles. The second kappa shape index (κ2) is 5.15. The molecular formula is C13H17ClFN. The van der Waals surface area contributed by atoms with Crippen LogP contribution in [0.3, 0.4) is 0 Å². The molecule has 0 saturated heterocycles. The van der Waals surface area contributed by atoms with E-state index in [4.69, 9.17) is 11.6 Å². The molecule has 0 aromatic heterocycles. The number of hydrogen-bond acceptors (Lipinski definition) is 1. The van der Waals surface area contributed by atoms with Gasteiger partial charge in [0.05, 0.1) is 0 Å². The Bertz CT molecular complexity index is 361. The highest BCUT2D eigenvalue weighted by Crippen LogP contribution is 2.40. The summed E-state index contributed by atoms with van der Waals surface area (Å²) in [5, 5.41) is 4.05. The molecule has 0 unspecified atom stereocenters. The molecule has 2 rings (SSSR count). The number of nitrogens with one attached hydrogen (secondary N) is 1. The number of hydrogen-bond donors (Lipinski definition) is 1. The molecule has 1 fully saturated rings. The molecule has 16 heavy (non-hydrogen) atoms. The van der Waals surface area contributed by atoms with Crippen molar-refractivity contribution in [2.24, 2.45) is 0 Å². The predicted molar refractivity (Wildman–Crippen MR) is 65.5 cm³/mol. The van der Waals surface area contributed by atoms with Gasteiger partial charge in [0.25, 0.3) is 0 Å². The lowest BCUT2D eigenvalue weighted by molar-refractivity contribution is 0.292. The first-order chi connectivity index (χ1) is 7.70. The predicted octanol–water partition coefficient (Wildman–Crippen LogP) is 3.72. The first kappa shape index (κ1) is 11.9. The van der Waals surface area contributed by atoms with E-state index >= 15 is 0 Å². The molecule has 1 nitrogen and oxygen atoms in total. The summed E-state index contributed by atoms with van der Waals surface area (Å²) in [4.78, 5) is 0. The van der Waals surface area contributed by atoms with Crippen molar-refractivity contribution >= 4 is 11.6 Å². The van der Waals surface area contributed by atoms with Crippen molar-refractivity contribution in [1.29, 1.82) is 0 Å².